The third-order valence-electron chi connectivity index (χ3n) is 4.54. The molecule has 6 nitrogen and oxygen atoms in total. The molecule has 1 fully saturated rings. The highest BCUT2D eigenvalue weighted by Gasteiger charge is 2.32. The molecule has 1 unspecified atom stereocenters. The van der Waals surface area contributed by atoms with Gasteiger partial charge in [0.15, 0.2) is 0 Å². The van der Waals surface area contributed by atoms with Gasteiger partial charge in [0.2, 0.25) is 5.95 Å². The quantitative estimate of drug-likeness (QED) is 0.724. The lowest BCUT2D eigenvalue weighted by molar-refractivity contribution is 0.0831. The number of carbonyl (C=O) groups excluding carboxylic acids is 1. The molecular weight excluding hydrogens is 334 g/mol. The maximum absolute atomic E-state index is 12.7. The lowest BCUT2D eigenvalue weighted by atomic mass is 9.95. The summed E-state index contributed by atoms with van der Waals surface area (Å²) in [7, 11) is 3.59. The van der Waals surface area contributed by atoms with Gasteiger partial charge in [0.1, 0.15) is 4.83 Å². The Bertz CT molecular complexity index is 908. The van der Waals surface area contributed by atoms with E-state index in [1.807, 2.05) is 12.1 Å². The number of hydrogen-bond acceptors (Lipinski definition) is 6. The first-order valence-electron chi connectivity index (χ1n) is 8.26. The second-order valence-electron chi connectivity index (χ2n) is 6.38. The Morgan fingerprint density at radius 3 is 2.72 bits per heavy atom. The normalized spacial score (nSPS) is 17.2. The van der Waals surface area contributed by atoms with Crippen molar-refractivity contribution in [3.63, 3.8) is 0 Å². The van der Waals surface area contributed by atoms with Gasteiger partial charge < -0.3 is 9.80 Å². The molecule has 1 aliphatic rings. The third kappa shape index (κ3) is 2.84. The highest BCUT2D eigenvalue weighted by Crippen LogP contribution is 2.40. The molecule has 0 N–H and O–H groups in total. The summed E-state index contributed by atoms with van der Waals surface area (Å²) < 4.78 is 0. The van der Waals surface area contributed by atoms with Crippen LogP contribution in [0.2, 0.25) is 0 Å². The van der Waals surface area contributed by atoms with Crippen molar-refractivity contribution in [3.05, 3.63) is 47.2 Å². The largest absolute Gasteiger partial charge is 0.344 e. The van der Waals surface area contributed by atoms with Crippen LogP contribution in [0, 0.1) is 0 Å². The second-order valence-corrected chi connectivity index (χ2v) is 7.38. The molecule has 0 saturated carbocycles. The van der Waals surface area contributed by atoms with Crippen molar-refractivity contribution < 1.29 is 4.79 Å². The van der Waals surface area contributed by atoms with Gasteiger partial charge in [-0.25, -0.2) is 15.0 Å². The fourth-order valence-corrected chi connectivity index (χ4v) is 4.60. The fourth-order valence-electron chi connectivity index (χ4n) is 3.35. The molecule has 25 heavy (non-hydrogen) atoms. The number of fused-ring (bicyclic) bond motifs is 1. The molecule has 1 amide bonds. The van der Waals surface area contributed by atoms with Crippen LogP contribution in [0.4, 0.5) is 5.95 Å². The smallest absolute Gasteiger partial charge is 0.263 e. The summed E-state index contributed by atoms with van der Waals surface area (Å²) in [6.07, 6.45) is 6.29. The maximum atomic E-state index is 12.7. The number of amides is 1. The van der Waals surface area contributed by atoms with Gasteiger partial charge in [0, 0.05) is 57.1 Å². The highest BCUT2D eigenvalue weighted by atomic mass is 32.1. The van der Waals surface area contributed by atoms with E-state index in [4.69, 9.17) is 0 Å². The first kappa shape index (κ1) is 16.0. The van der Waals surface area contributed by atoms with Crippen LogP contribution in [-0.4, -0.2) is 52.9 Å². The summed E-state index contributed by atoms with van der Waals surface area (Å²) in [5, 5.41) is 1.10. The van der Waals surface area contributed by atoms with E-state index in [-0.39, 0.29) is 11.8 Å². The minimum absolute atomic E-state index is 0.0485. The van der Waals surface area contributed by atoms with Crippen LogP contribution in [-0.2, 0) is 0 Å². The molecule has 128 valence electrons. The Morgan fingerprint density at radius 2 is 1.96 bits per heavy atom. The fraction of sp³-hybridized carbons (Fsp3) is 0.333. The predicted molar refractivity (Wildman–Crippen MR) is 99.2 cm³/mol. The van der Waals surface area contributed by atoms with Crippen LogP contribution in [0.25, 0.3) is 10.2 Å². The monoisotopic (exact) mass is 353 g/mol. The van der Waals surface area contributed by atoms with Gasteiger partial charge in [-0.2, -0.15) is 0 Å². The Balaban J connectivity index is 1.73. The summed E-state index contributed by atoms with van der Waals surface area (Å²) >= 11 is 1.49. The topological polar surface area (TPSA) is 62.2 Å². The van der Waals surface area contributed by atoms with E-state index >= 15 is 0 Å². The number of thiophene rings is 1. The predicted octanol–water partition coefficient (Wildman–Crippen LogP) is 2.78. The van der Waals surface area contributed by atoms with Gasteiger partial charge in [-0.3, -0.25) is 4.79 Å². The molecule has 0 spiro atoms. The van der Waals surface area contributed by atoms with Crippen LogP contribution < -0.4 is 4.90 Å². The van der Waals surface area contributed by atoms with E-state index in [0.717, 1.165) is 46.1 Å². The van der Waals surface area contributed by atoms with Gasteiger partial charge in [0.05, 0.1) is 4.88 Å². The average Bonchev–Trinajstić information content (AvgIpc) is 3.26. The van der Waals surface area contributed by atoms with Crippen molar-refractivity contribution in [2.45, 2.75) is 12.3 Å². The van der Waals surface area contributed by atoms with Crippen LogP contribution >= 0.6 is 11.3 Å². The van der Waals surface area contributed by atoms with Gasteiger partial charge in [-0.05, 0) is 24.1 Å². The summed E-state index contributed by atoms with van der Waals surface area (Å²) in [5.41, 5.74) is 1.13. The van der Waals surface area contributed by atoms with Crippen LogP contribution in [0.1, 0.15) is 27.6 Å². The average molecular weight is 353 g/mol. The van der Waals surface area contributed by atoms with Gasteiger partial charge >= 0.3 is 0 Å². The van der Waals surface area contributed by atoms with Gasteiger partial charge in [-0.15, -0.1) is 11.3 Å². The summed E-state index contributed by atoms with van der Waals surface area (Å²) in [5.74, 6) is 1.08. The number of rotatable bonds is 3. The zero-order chi connectivity index (χ0) is 17.4. The van der Waals surface area contributed by atoms with Crippen LogP contribution in [0.15, 0.2) is 36.8 Å². The van der Waals surface area contributed by atoms with Crippen molar-refractivity contribution in [1.29, 1.82) is 0 Å². The number of nitrogens with zero attached hydrogens (tertiary/aromatic N) is 5. The molecule has 4 heterocycles. The summed E-state index contributed by atoms with van der Waals surface area (Å²) in [6, 6.07) is 5.83. The van der Waals surface area contributed by atoms with Gasteiger partial charge in [0.25, 0.3) is 5.91 Å². The SMILES string of the molecule is CN(C)C(=O)c1sc2ncccc2c1C1CCN(c2ncccn2)C1. The van der Waals surface area contributed by atoms with Crippen molar-refractivity contribution in [2.75, 3.05) is 32.1 Å². The van der Waals surface area contributed by atoms with Crippen molar-refractivity contribution in [3.8, 4) is 0 Å². The highest BCUT2D eigenvalue weighted by molar-refractivity contribution is 7.20. The molecule has 0 aliphatic carbocycles. The van der Waals surface area contributed by atoms with Crippen LogP contribution in [0.3, 0.4) is 0 Å². The van der Waals surface area contributed by atoms with E-state index in [2.05, 4.69) is 25.9 Å². The molecule has 1 aliphatic heterocycles. The zero-order valence-electron chi connectivity index (χ0n) is 14.2. The van der Waals surface area contributed by atoms with E-state index < -0.39 is 0 Å². The molecule has 3 aromatic heterocycles. The second kappa shape index (κ2) is 6.40. The molecular formula is C18H19N5OS. The molecule has 0 bridgehead atoms. The van der Waals surface area contributed by atoms with E-state index in [1.165, 1.54) is 11.3 Å². The van der Waals surface area contributed by atoms with Crippen molar-refractivity contribution in [2.24, 2.45) is 0 Å². The van der Waals surface area contributed by atoms with Gasteiger partial charge in [-0.1, -0.05) is 6.07 Å². The number of aromatic nitrogens is 3. The van der Waals surface area contributed by atoms with E-state index in [1.54, 1.807) is 37.6 Å². The molecule has 1 saturated heterocycles. The Morgan fingerprint density at radius 1 is 1.20 bits per heavy atom. The van der Waals surface area contributed by atoms with E-state index in [9.17, 15) is 4.79 Å². The lowest BCUT2D eigenvalue weighted by Gasteiger charge is -2.17. The number of anilines is 1. The molecule has 1 atom stereocenters. The minimum atomic E-state index is 0.0485. The number of carbonyl (C=O) groups is 1. The molecule has 7 heteroatoms. The first-order chi connectivity index (χ1) is 12.1. The molecule has 4 rings (SSSR count). The number of pyridine rings is 1. The summed E-state index contributed by atoms with van der Waals surface area (Å²) in [4.78, 5) is 31.4. The zero-order valence-corrected chi connectivity index (χ0v) is 15.0. The summed E-state index contributed by atoms with van der Waals surface area (Å²) in [6.45, 7) is 1.71. The Hall–Kier alpha value is -2.54. The maximum Gasteiger partial charge on any atom is 0.263 e. The van der Waals surface area contributed by atoms with Crippen molar-refractivity contribution >= 4 is 33.4 Å². The first-order valence-corrected chi connectivity index (χ1v) is 9.08. The standard InChI is InChI=1S/C18H19N5OS/c1-22(2)17(24)15-14(13-5-3-7-19-16(13)25-15)12-6-10-23(11-12)18-20-8-4-9-21-18/h3-5,7-9,12H,6,10-11H2,1-2H3. The van der Waals surface area contributed by atoms with Crippen molar-refractivity contribution in [1.82, 2.24) is 19.9 Å². The molecule has 0 aromatic carbocycles. The Kier molecular flexibility index (Phi) is 4.09. The third-order valence-corrected chi connectivity index (χ3v) is 5.65. The lowest BCUT2D eigenvalue weighted by Crippen LogP contribution is -2.24. The molecule has 3 aromatic rings. The van der Waals surface area contributed by atoms with E-state index in [0.29, 0.717) is 0 Å². The Labute approximate surface area is 150 Å². The van der Waals surface area contributed by atoms with Crippen LogP contribution in [0.5, 0.6) is 0 Å². The minimum Gasteiger partial charge on any atom is -0.344 e. The molecule has 0 radical (unpaired) electrons. The number of hydrogen-bond donors (Lipinski definition) is 0.